The quantitative estimate of drug-likeness (QED) is 0.583. The minimum absolute atomic E-state index is 0.0221. The van der Waals surface area contributed by atoms with E-state index < -0.39 is 12.1 Å². The molecule has 0 saturated heterocycles. The van der Waals surface area contributed by atoms with Crippen molar-refractivity contribution in [2.75, 3.05) is 0 Å². The van der Waals surface area contributed by atoms with E-state index in [-0.39, 0.29) is 15.6 Å². The second kappa shape index (κ2) is 6.76. The summed E-state index contributed by atoms with van der Waals surface area (Å²) < 4.78 is 39.9. The van der Waals surface area contributed by atoms with E-state index in [1.165, 1.54) is 24.3 Å². The first-order chi connectivity index (χ1) is 10.3. The van der Waals surface area contributed by atoms with Crippen molar-refractivity contribution in [2.24, 2.45) is 0 Å². The average Bonchev–Trinajstić information content (AvgIpc) is 2.36. The summed E-state index contributed by atoms with van der Waals surface area (Å²) >= 11 is 11.6. The van der Waals surface area contributed by atoms with Crippen LogP contribution in [0.1, 0.15) is 22.6 Å². The lowest BCUT2D eigenvalue weighted by atomic mass is 9.97. The monoisotopic (exact) mass is 344 g/mol. The highest BCUT2D eigenvalue weighted by Crippen LogP contribution is 2.38. The van der Waals surface area contributed by atoms with E-state index >= 15 is 0 Å². The van der Waals surface area contributed by atoms with Crippen molar-refractivity contribution in [3.8, 4) is 0 Å². The maximum Gasteiger partial charge on any atom is 0.399 e. The van der Waals surface area contributed by atoms with Crippen LogP contribution in [0.15, 0.2) is 48.5 Å². The summed E-state index contributed by atoms with van der Waals surface area (Å²) in [5.41, 5.74) is 1.72. The molecule has 2 aromatic rings. The van der Waals surface area contributed by atoms with Gasteiger partial charge in [-0.15, -0.1) is 0 Å². The molecule has 2 rings (SSSR count). The van der Waals surface area contributed by atoms with E-state index in [9.17, 15) is 13.2 Å². The predicted octanol–water partition coefficient (Wildman–Crippen LogP) is 6.66. The Bertz CT molecular complexity index is 670. The van der Waals surface area contributed by atoms with Crippen LogP contribution in [-0.2, 0) is 0 Å². The lowest BCUT2D eigenvalue weighted by molar-refractivity contribution is -0.139. The summed E-state index contributed by atoms with van der Waals surface area (Å²) in [5, 5.41) is 0.362. The van der Waals surface area contributed by atoms with Crippen molar-refractivity contribution < 1.29 is 13.2 Å². The largest absolute Gasteiger partial charge is 0.399 e. The molecule has 0 N–H and O–H groups in total. The topological polar surface area (TPSA) is 0 Å². The standard InChI is InChI=1S/C17H13Cl2F3/c1-11-3-2-4-12(7-11)5-6-16(17(20,21)22)13-8-14(18)10-15(19)9-13/h2-10,16H,1H3/b6-5+. The molecule has 0 aromatic heterocycles. The molecule has 0 amide bonds. The van der Waals surface area contributed by atoms with E-state index in [2.05, 4.69) is 0 Å². The van der Waals surface area contributed by atoms with Gasteiger partial charge < -0.3 is 0 Å². The van der Waals surface area contributed by atoms with Gasteiger partial charge >= 0.3 is 6.18 Å². The molecule has 0 saturated carbocycles. The summed E-state index contributed by atoms with van der Waals surface area (Å²) in [7, 11) is 0. The van der Waals surface area contributed by atoms with Crippen molar-refractivity contribution in [3.05, 3.63) is 75.3 Å². The van der Waals surface area contributed by atoms with Crippen molar-refractivity contribution in [1.82, 2.24) is 0 Å². The molecule has 0 spiro atoms. The highest BCUT2D eigenvalue weighted by Gasteiger charge is 2.39. The smallest absolute Gasteiger partial charge is 0.170 e. The number of alkyl halides is 3. The third-order valence-corrected chi connectivity index (χ3v) is 3.56. The van der Waals surface area contributed by atoms with Crippen LogP contribution in [0.25, 0.3) is 6.08 Å². The third kappa shape index (κ3) is 4.52. The zero-order chi connectivity index (χ0) is 16.3. The van der Waals surface area contributed by atoms with Crippen LogP contribution in [0.3, 0.4) is 0 Å². The molecule has 5 heteroatoms. The zero-order valence-electron chi connectivity index (χ0n) is 11.7. The first-order valence-corrected chi connectivity index (χ1v) is 7.29. The lowest BCUT2D eigenvalue weighted by Crippen LogP contribution is -2.18. The molecule has 0 bridgehead atoms. The fraction of sp³-hybridized carbons (Fsp3) is 0.176. The van der Waals surface area contributed by atoms with Gasteiger partial charge in [-0.2, -0.15) is 13.2 Å². The SMILES string of the molecule is Cc1cccc(/C=C/C(c2cc(Cl)cc(Cl)c2)C(F)(F)F)c1. The van der Waals surface area contributed by atoms with Gasteiger partial charge in [0.05, 0.1) is 5.92 Å². The van der Waals surface area contributed by atoms with E-state index in [0.717, 1.165) is 11.6 Å². The van der Waals surface area contributed by atoms with Gasteiger partial charge in [0.15, 0.2) is 0 Å². The Morgan fingerprint density at radius 1 is 1.00 bits per heavy atom. The molecule has 2 aromatic carbocycles. The number of hydrogen-bond donors (Lipinski definition) is 0. The maximum absolute atomic E-state index is 13.3. The minimum Gasteiger partial charge on any atom is -0.170 e. The van der Waals surface area contributed by atoms with Crippen molar-refractivity contribution in [3.63, 3.8) is 0 Å². The van der Waals surface area contributed by atoms with Gasteiger partial charge in [0.1, 0.15) is 0 Å². The summed E-state index contributed by atoms with van der Waals surface area (Å²) in [5.74, 6) is -1.76. The summed E-state index contributed by atoms with van der Waals surface area (Å²) in [6.07, 6.45) is -1.84. The number of benzene rings is 2. The Morgan fingerprint density at radius 2 is 1.64 bits per heavy atom. The van der Waals surface area contributed by atoms with Crippen LogP contribution in [0.5, 0.6) is 0 Å². The van der Waals surface area contributed by atoms with E-state index in [0.29, 0.717) is 5.56 Å². The maximum atomic E-state index is 13.3. The summed E-state index contributed by atoms with van der Waals surface area (Å²) in [4.78, 5) is 0. The molecule has 1 unspecified atom stereocenters. The van der Waals surface area contributed by atoms with Gasteiger partial charge in [-0.1, -0.05) is 65.2 Å². The van der Waals surface area contributed by atoms with Gasteiger partial charge in [0.25, 0.3) is 0 Å². The van der Waals surface area contributed by atoms with E-state index in [4.69, 9.17) is 23.2 Å². The van der Waals surface area contributed by atoms with Gasteiger partial charge in [-0.3, -0.25) is 0 Å². The minimum atomic E-state index is -4.42. The Labute approximate surface area is 137 Å². The summed E-state index contributed by atoms with van der Waals surface area (Å²) in [6.45, 7) is 1.88. The van der Waals surface area contributed by atoms with Gasteiger partial charge in [-0.05, 0) is 36.2 Å². The van der Waals surface area contributed by atoms with Crippen LogP contribution in [0, 0.1) is 6.92 Å². The number of aryl methyl sites for hydroxylation is 1. The average molecular weight is 345 g/mol. The van der Waals surface area contributed by atoms with Crippen LogP contribution in [0.4, 0.5) is 13.2 Å². The molecule has 0 aliphatic carbocycles. The molecule has 0 aliphatic rings. The Morgan fingerprint density at radius 3 is 2.18 bits per heavy atom. The normalized spacial score (nSPS) is 13.5. The predicted molar refractivity (Wildman–Crippen MR) is 85.5 cm³/mol. The molecular formula is C17H13Cl2F3. The van der Waals surface area contributed by atoms with Crippen molar-refractivity contribution in [1.29, 1.82) is 0 Å². The first-order valence-electron chi connectivity index (χ1n) is 6.53. The molecule has 1 atom stereocenters. The zero-order valence-corrected chi connectivity index (χ0v) is 13.2. The molecule has 0 heterocycles. The highest BCUT2D eigenvalue weighted by molar-refractivity contribution is 6.34. The number of halogens is 5. The van der Waals surface area contributed by atoms with Crippen LogP contribution in [0.2, 0.25) is 10.0 Å². The molecular weight excluding hydrogens is 332 g/mol. The Kier molecular flexibility index (Phi) is 5.20. The Hall–Kier alpha value is -1.45. The van der Waals surface area contributed by atoms with E-state index in [1.54, 1.807) is 12.1 Å². The molecule has 0 radical (unpaired) electrons. The second-order valence-electron chi connectivity index (χ2n) is 5.00. The molecule has 0 fully saturated rings. The molecule has 0 nitrogen and oxygen atoms in total. The highest BCUT2D eigenvalue weighted by atomic mass is 35.5. The number of allylic oxidation sites excluding steroid dienone is 1. The molecule has 22 heavy (non-hydrogen) atoms. The van der Waals surface area contributed by atoms with Crippen molar-refractivity contribution >= 4 is 29.3 Å². The number of rotatable bonds is 3. The third-order valence-electron chi connectivity index (χ3n) is 3.12. The lowest BCUT2D eigenvalue weighted by Gasteiger charge is -2.18. The van der Waals surface area contributed by atoms with Crippen LogP contribution in [-0.4, -0.2) is 6.18 Å². The fourth-order valence-corrected chi connectivity index (χ4v) is 2.69. The summed E-state index contributed by atoms with van der Waals surface area (Å²) in [6, 6.07) is 11.2. The Balaban J connectivity index is 2.39. The van der Waals surface area contributed by atoms with Crippen LogP contribution < -0.4 is 0 Å². The fourth-order valence-electron chi connectivity index (χ4n) is 2.15. The van der Waals surface area contributed by atoms with Gasteiger partial charge in [0.2, 0.25) is 0 Å². The van der Waals surface area contributed by atoms with Crippen molar-refractivity contribution in [2.45, 2.75) is 19.0 Å². The van der Waals surface area contributed by atoms with Gasteiger partial charge in [0, 0.05) is 10.0 Å². The van der Waals surface area contributed by atoms with E-state index in [1.807, 2.05) is 19.1 Å². The number of hydrogen-bond acceptors (Lipinski definition) is 0. The first kappa shape index (κ1) is 16.9. The molecule has 116 valence electrons. The van der Waals surface area contributed by atoms with Gasteiger partial charge in [-0.25, -0.2) is 0 Å². The van der Waals surface area contributed by atoms with Crippen LogP contribution >= 0.6 is 23.2 Å². The second-order valence-corrected chi connectivity index (χ2v) is 5.87. The molecule has 0 aliphatic heterocycles.